The summed E-state index contributed by atoms with van der Waals surface area (Å²) < 4.78 is 0. The van der Waals surface area contributed by atoms with E-state index in [1.54, 1.807) is 0 Å². The fraction of sp³-hybridized carbons (Fsp3) is 0.750. The van der Waals surface area contributed by atoms with E-state index in [4.69, 9.17) is 0 Å². The van der Waals surface area contributed by atoms with Gasteiger partial charge in [0.25, 0.3) is 0 Å². The van der Waals surface area contributed by atoms with Crippen LogP contribution in [0.15, 0.2) is 11.0 Å². The number of allylic oxidation sites excluding steroid dienone is 1. The van der Waals surface area contributed by atoms with Crippen molar-refractivity contribution in [2.24, 2.45) is 5.92 Å². The van der Waals surface area contributed by atoms with Gasteiger partial charge in [-0.2, -0.15) is 4.94 Å². The fourth-order valence-electron chi connectivity index (χ4n) is 0.922. The molecule has 0 aliphatic rings. The molecule has 0 heterocycles. The second-order valence-electron chi connectivity index (χ2n) is 2.56. The topological polar surface area (TPSA) is 0 Å². The van der Waals surface area contributed by atoms with Crippen LogP contribution in [0.2, 0.25) is 0 Å². The van der Waals surface area contributed by atoms with Crippen molar-refractivity contribution in [3.8, 4) is 0 Å². The average molecular weight is 138 g/mol. The molecule has 0 amide bonds. The van der Waals surface area contributed by atoms with E-state index >= 15 is 0 Å². The molecule has 0 fully saturated rings. The molecule has 0 aromatic heterocycles. The lowest BCUT2D eigenvalue weighted by Gasteiger charge is -2.04. The summed E-state index contributed by atoms with van der Waals surface area (Å²) in [6.45, 7) is 4.54. The van der Waals surface area contributed by atoms with Gasteiger partial charge < -0.3 is 0 Å². The van der Waals surface area contributed by atoms with Crippen molar-refractivity contribution in [3.05, 3.63) is 11.0 Å². The summed E-state index contributed by atoms with van der Waals surface area (Å²) >= 11 is 2.60. The summed E-state index contributed by atoms with van der Waals surface area (Å²) in [7, 11) is 0. The summed E-state index contributed by atoms with van der Waals surface area (Å²) in [4.78, 5) is 2.05. The van der Waals surface area contributed by atoms with Gasteiger partial charge in [-0.1, -0.05) is 26.7 Å². The maximum absolute atomic E-state index is 2.60. The van der Waals surface area contributed by atoms with Crippen LogP contribution in [0, 0.1) is 5.92 Å². The Balaban J connectivity index is 3.15. The van der Waals surface area contributed by atoms with E-state index < -0.39 is 0 Å². The van der Waals surface area contributed by atoms with Gasteiger partial charge in [0.05, 0.1) is 0 Å². The normalized spacial score (nSPS) is 14.4. The van der Waals surface area contributed by atoms with Gasteiger partial charge in [0.2, 0.25) is 0 Å². The first kappa shape index (κ1) is 9.27. The minimum absolute atomic E-state index is 0.867. The highest BCUT2D eigenvalue weighted by Crippen LogP contribution is 2.09. The van der Waals surface area contributed by atoms with Crippen molar-refractivity contribution in [3.63, 3.8) is 0 Å². The molecule has 1 unspecified atom stereocenters. The molecule has 0 nitrogen and oxygen atoms in total. The first-order valence-electron chi connectivity index (χ1n) is 3.68. The lowest BCUT2D eigenvalue weighted by atomic mass is 10.0. The summed E-state index contributed by atoms with van der Waals surface area (Å²) in [5, 5.41) is 0. The van der Waals surface area contributed by atoms with Crippen LogP contribution in [0.5, 0.6) is 0 Å². The molecule has 0 rings (SSSR count). The lowest BCUT2D eigenvalue weighted by Crippen LogP contribution is -1.90. The maximum Gasteiger partial charge on any atom is 0.161 e. The van der Waals surface area contributed by atoms with Crippen LogP contribution < -0.4 is 0 Å². The van der Waals surface area contributed by atoms with Crippen LogP contribution >= 0.6 is 0 Å². The summed E-state index contributed by atoms with van der Waals surface area (Å²) in [6, 6.07) is 0. The van der Waals surface area contributed by atoms with Crippen molar-refractivity contribution in [2.45, 2.75) is 33.1 Å². The third-order valence-corrected chi connectivity index (χ3v) is 1.73. The third kappa shape index (κ3) is 6.15. The van der Waals surface area contributed by atoms with E-state index in [1.165, 1.54) is 19.3 Å². The SMILES string of the molecule is CCCC(C)C/C=[CH]\[Al]. The van der Waals surface area contributed by atoms with Crippen molar-refractivity contribution in [2.75, 3.05) is 0 Å². The van der Waals surface area contributed by atoms with Gasteiger partial charge in [0.15, 0.2) is 16.3 Å². The Morgan fingerprint density at radius 3 is 2.67 bits per heavy atom. The molecular weight excluding hydrogens is 123 g/mol. The predicted molar refractivity (Wildman–Crippen MR) is 43.6 cm³/mol. The lowest BCUT2D eigenvalue weighted by molar-refractivity contribution is 0.532. The van der Waals surface area contributed by atoms with Crippen molar-refractivity contribution in [1.29, 1.82) is 0 Å². The average Bonchev–Trinajstić information content (AvgIpc) is 1.85. The first-order valence-corrected chi connectivity index (χ1v) is 4.34. The van der Waals surface area contributed by atoms with Gasteiger partial charge in [-0.25, -0.2) is 0 Å². The van der Waals surface area contributed by atoms with E-state index in [2.05, 4.69) is 36.2 Å². The van der Waals surface area contributed by atoms with Crippen LogP contribution in [-0.2, 0) is 0 Å². The zero-order valence-electron chi connectivity index (χ0n) is 6.43. The van der Waals surface area contributed by atoms with Gasteiger partial charge in [-0.05, 0) is 12.3 Å². The quantitative estimate of drug-likeness (QED) is 0.523. The van der Waals surface area contributed by atoms with Crippen LogP contribution in [0.3, 0.4) is 0 Å². The molecule has 0 N–H and O–H groups in total. The Bertz CT molecular complexity index is 76.6. The van der Waals surface area contributed by atoms with Gasteiger partial charge >= 0.3 is 0 Å². The minimum Gasteiger partial charge on any atom is -0.176 e. The van der Waals surface area contributed by atoms with Gasteiger partial charge in [-0.3, -0.25) is 0 Å². The molecule has 0 aromatic carbocycles. The van der Waals surface area contributed by atoms with E-state index in [9.17, 15) is 0 Å². The summed E-state index contributed by atoms with van der Waals surface area (Å²) in [5.41, 5.74) is 0. The van der Waals surface area contributed by atoms with E-state index in [-0.39, 0.29) is 0 Å². The zero-order valence-corrected chi connectivity index (χ0v) is 7.59. The van der Waals surface area contributed by atoms with Crippen molar-refractivity contribution in [1.82, 2.24) is 0 Å². The molecule has 2 radical (unpaired) electrons. The Morgan fingerprint density at radius 1 is 1.56 bits per heavy atom. The fourth-order valence-corrected chi connectivity index (χ4v) is 1.08. The molecule has 1 heteroatoms. The smallest absolute Gasteiger partial charge is 0.161 e. The zero-order chi connectivity index (χ0) is 7.11. The molecule has 0 aliphatic carbocycles. The largest absolute Gasteiger partial charge is 0.176 e. The molecule has 9 heavy (non-hydrogen) atoms. The van der Waals surface area contributed by atoms with Gasteiger partial charge in [0, 0.05) is 0 Å². The molecule has 1 atom stereocenters. The predicted octanol–water partition coefficient (Wildman–Crippen LogP) is 2.49. The van der Waals surface area contributed by atoms with E-state index in [0.717, 1.165) is 5.92 Å². The molecule has 0 aliphatic heterocycles. The number of rotatable bonds is 4. The Morgan fingerprint density at radius 2 is 2.22 bits per heavy atom. The third-order valence-electron chi connectivity index (χ3n) is 1.46. The second-order valence-corrected chi connectivity index (χ2v) is 2.94. The standard InChI is InChI=1S/C8H15.Al/c1-4-6-8(3)7-5-2;/h1,4,8H,5-7H2,2-3H3;. The Labute approximate surface area is 66.8 Å². The van der Waals surface area contributed by atoms with Gasteiger partial charge in [0.1, 0.15) is 0 Å². The molecule has 0 bridgehead atoms. The number of hydrogen-bond donors (Lipinski definition) is 0. The first-order chi connectivity index (χ1) is 4.31. The van der Waals surface area contributed by atoms with E-state index in [0.29, 0.717) is 0 Å². The highest BCUT2D eigenvalue weighted by Gasteiger charge is 1.94. The summed E-state index contributed by atoms with van der Waals surface area (Å²) in [5.74, 6) is 0.867. The molecular formula is C8H15Al. The highest BCUT2D eigenvalue weighted by atomic mass is 27.0. The van der Waals surface area contributed by atoms with Crippen molar-refractivity contribution >= 4 is 16.3 Å². The minimum atomic E-state index is 0.867. The molecule has 0 saturated carbocycles. The number of hydrogen-bond acceptors (Lipinski definition) is 0. The molecule has 0 spiro atoms. The van der Waals surface area contributed by atoms with Crippen molar-refractivity contribution < 1.29 is 0 Å². The Kier molecular flexibility index (Phi) is 6.59. The highest BCUT2D eigenvalue weighted by molar-refractivity contribution is 6.16. The summed E-state index contributed by atoms with van der Waals surface area (Å²) in [6.07, 6.45) is 6.11. The van der Waals surface area contributed by atoms with Crippen LogP contribution in [-0.4, -0.2) is 16.3 Å². The Hall–Kier alpha value is 0.272. The van der Waals surface area contributed by atoms with Crippen LogP contribution in [0.1, 0.15) is 33.1 Å². The van der Waals surface area contributed by atoms with E-state index in [1.807, 2.05) is 4.94 Å². The molecule has 0 saturated heterocycles. The molecule has 0 aromatic rings. The molecule has 50 valence electrons. The van der Waals surface area contributed by atoms with Crippen LogP contribution in [0.25, 0.3) is 0 Å². The second kappa shape index (κ2) is 6.39. The maximum atomic E-state index is 2.60. The monoisotopic (exact) mass is 138 g/mol. The van der Waals surface area contributed by atoms with Gasteiger partial charge in [-0.15, -0.1) is 6.08 Å². The van der Waals surface area contributed by atoms with Crippen LogP contribution in [0.4, 0.5) is 0 Å².